The van der Waals surface area contributed by atoms with Crippen LogP contribution in [0.1, 0.15) is 35.2 Å². The van der Waals surface area contributed by atoms with Crippen LogP contribution in [0.5, 0.6) is 0 Å². The first kappa shape index (κ1) is 28.2. The predicted octanol–water partition coefficient (Wildman–Crippen LogP) is 2.01. The summed E-state index contributed by atoms with van der Waals surface area (Å²) in [5.74, 6) is 0.317. The zero-order valence-corrected chi connectivity index (χ0v) is 22.1. The molecule has 2 atom stereocenters. The summed E-state index contributed by atoms with van der Waals surface area (Å²) >= 11 is 0. The molecule has 4 rings (SSSR count). The Kier molecular flexibility index (Phi) is 9.08. The summed E-state index contributed by atoms with van der Waals surface area (Å²) in [6.45, 7) is 3.59. The van der Waals surface area contributed by atoms with Crippen LogP contribution in [0.2, 0.25) is 0 Å². The van der Waals surface area contributed by atoms with Crippen molar-refractivity contribution in [3.8, 4) is 11.3 Å². The van der Waals surface area contributed by atoms with Crippen LogP contribution in [0.15, 0.2) is 18.2 Å². The van der Waals surface area contributed by atoms with Crippen molar-refractivity contribution < 1.29 is 27.6 Å². The van der Waals surface area contributed by atoms with Crippen LogP contribution in [-0.2, 0) is 43.2 Å². The monoisotopic (exact) mass is 543 g/mol. The number of aromatic nitrogens is 2. The van der Waals surface area contributed by atoms with Crippen molar-refractivity contribution >= 4 is 11.0 Å². The van der Waals surface area contributed by atoms with E-state index in [1.54, 1.807) is 18.0 Å². The molecule has 1 aromatic carbocycles. The normalized spacial score (nSPS) is 19.6. The first-order chi connectivity index (χ1) is 17.6. The largest absolute Gasteiger partial charge is 0.416 e. The molecule has 206 valence electrons. The van der Waals surface area contributed by atoms with Crippen molar-refractivity contribution in [2.24, 2.45) is 5.92 Å². The lowest BCUT2D eigenvalue weighted by atomic mass is 9.97. The Morgan fingerprint density at radius 1 is 1.22 bits per heavy atom. The predicted molar refractivity (Wildman–Crippen MR) is 136 cm³/mol. The van der Waals surface area contributed by atoms with Crippen LogP contribution < -0.4 is 5.32 Å². The Morgan fingerprint density at radius 2 is 1.95 bits per heavy atom. The van der Waals surface area contributed by atoms with Crippen molar-refractivity contribution in [2.45, 2.75) is 51.2 Å². The lowest BCUT2D eigenvalue weighted by Gasteiger charge is -2.32. The summed E-state index contributed by atoms with van der Waals surface area (Å²) in [7, 11) is 0.409. The molecule has 37 heavy (non-hydrogen) atoms. The van der Waals surface area contributed by atoms with Crippen LogP contribution in [0.25, 0.3) is 11.3 Å². The second-order valence-electron chi connectivity index (χ2n) is 9.97. The number of rotatable bonds is 9. The fraction of sp³-hybridized carbons (Fsp3) is 0.640. The number of nitrogens with one attached hydrogen (secondary N) is 1. The topological polar surface area (TPSA) is 93.9 Å². The summed E-state index contributed by atoms with van der Waals surface area (Å²) in [6.07, 6.45) is -1.14. The molecule has 8 nitrogen and oxygen atoms in total. The molecule has 1 aromatic heterocycles. The van der Waals surface area contributed by atoms with Crippen LogP contribution >= 0.6 is 0 Å². The number of hydrogen-bond acceptors (Lipinski definition) is 6. The van der Waals surface area contributed by atoms with Crippen molar-refractivity contribution in [2.75, 3.05) is 46.1 Å². The molecule has 0 bridgehead atoms. The van der Waals surface area contributed by atoms with Gasteiger partial charge in [0.2, 0.25) is 0 Å². The number of alkyl halides is 3. The van der Waals surface area contributed by atoms with E-state index >= 15 is 0 Å². The number of hydrogen-bond donors (Lipinski definition) is 3. The third kappa shape index (κ3) is 6.61. The minimum absolute atomic E-state index is 0.0579. The SMILES string of the molecule is CNCc1cc(-c2nn(CC(O)CN3CCC(CO)CC3)c3c2CN(S(C)=O)CC3)ccc1C(F)(F)F. The van der Waals surface area contributed by atoms with Gasteiger partial charge in [0.15, 0.2) is 0 Å². The first-order valence-electron chi connectivity index (χ1n) is 12.6. The smallest absolute Gasteiger partial charge is 0.396 e. The molecule has 2 aliphatic heterocycles. The maximum Gasteiger partial charge on any atom is 0.416 e. The summed E-state index contributed by atoms with van der Waals surface area (Å²) in [5.41, 5.74) is 2.34. The van der Waals surface area contributed by atoms with Gasteiger partial charge in [0, 0.05) is 62.3 Å². The van der Waals surface area contributed by atoms with Gasteiger partial charge in [-0.05, 0) is 56.6 Å². The van der Waals surface area contributed by atoms with E-state index in [2.05, 4.69) is 10.2 Å². The maximum absolute atomic E-state index is 13.6. The third-order valence-corrected chi connectivity index (χ3v) is 8.37. The van der Waals surface area contributed by atoms with Gasteiger partial charge in [-0.2, -0.15) is 18.3 Å². The Balaban J connectivity index is 1.63. The molecule has 3 N–H and O–H groups in total. The highest BCUT2D eigenvalue weighted by atomic mass is 32.2. The summed E-state index contributed by atoms with van der Waals surface area (Å²) in [5, 5.41) is 27.8. The minimum atomic E-state index is -4.46. The van der Waals surface area contributed by atoms with Gasteiger partial charge in [0.25, 0.3) is 0 Å². The Hall–Kier alpha value is -1.83. The lowest BCUT2D eigenvalue weighted by Crippen LogP contribution is -2.41. The highest BCUT2D eigenvalue weighted by Gasteiger charge is 2.34. The van der Waals surface area contributed by atoms with Gasteiger partial charge in [0.05, 0.1) is 34.9 Å². The summed E-state index contributed by atoms with van der Waals surface area (Å²) < 4.78 is 56.5. The maximum atomic E-state index is 13.6. The van der Waals surface area contributed by atoms with E-state index in [1.807, 2.05) is 4.31 Å². The van der Waals surface area contributed by atoms with E-state index in [0.29, 0.717) is 43.2 Å². The molecule has 0 amide bonds. The highest BCUT2D eigenvalue weighted by molar-refractivity contribution is 7.81. The molecule has 1 saturated heterocycles. The molecular formula is C25H36F3N5O3S. The van der Waals surface area contributed by atoms with E-state index in [9.17, 15) is 27.6 Å². The van der Waals surface area contributed by atoms with Crippen molar-refractivity contribution in [1.29, 1.82) is 0 Å². The molecule has 0 aliphatic carbocycles. The van der Waals surface area contributed by atoms with Gasteiger partial charge >= 0.3 is 6.18 Å². The first-order valence-corrected chi connectivity index (χ1v) is 14.2. The fourth-order valence-electron chi connectivity index (χ4n) is 5.33. The van der Waals surface area contributed by atoms with Crippen LogP contribution in [0, 0.1) is 5.92 Å². The molecule has 12 heteroatoms. The van der Waals surface area contributed by atoms with Gasteiger partial charge in [-0.1, -0.05) is 6.07 Å². The molecule has 2 aliphatic rings. The second kappa shape index (κ2) is 11.9. The van der Waals surface area contributed by atoms with E-state index < -0.39 is 28.8 Å². The molecule has 3 heterocycles. The molecule has 0 saturated carbocycles. The van der Waals surface area contributed by atoms with Crippen LogP contribution in [0.3, 0.4) is 0 Å². The van der Waals surface area contributed by atoms with Crippen LogP contribution in [-0.4, -0.2) is 85.6 Å². The number of aliphatic hydroxyl groups excluding tert-OH is 2. The second-order valence-corrected chi connectivity index (χ2v) is 11.3. The van der Waals surface area contributed by atoms with Gasteiger partial charge in [-0.15, -0.1) is 0 Å². The highest BCUT2D eigenvalue weighted by Crippen LogP contribution is 2.36. The zero-order valence-electron chi connectivity index (χ0n) is 21.3. The average Bonchev–Trinajstić information content (AvgIpc) is 3.21. The number of β-amino-alcohol motifs (C(OH)–C–C–N with tert-alkyl or cyclic N) is 1. The van der Waals surface area contributed by atoms with E-state index in [4.69, 9.17) is 5.10 Å². The number of likely N-dealkylation sites (tertiary alicyclic amines) is 1. The summed E-state index contributed by atoms with van der Waals surface area (Å²) in [6, 6.07) is 4.06. The molecule has 0 spiro atoms. The Labute approximate surface area is 218 Å². The van der Waals surface area contributed by atoms with Crippen molar-refractivity contribution in [3.63, 3.8) is 0 Å². The number of fused-ring (bicyclic) bond motifs is 1. The molecule has 2 unspecified atom stereocenters. The number of aliphatic hydroxyl groups is 2. The third-order valence-electron chi connectivity index (χ3n) is 7.33. The van der Waals surface area contributed by atoms with Crippen molar-refractivity contribution in [3.05, 3.63) is 40.6 Å². The van der Waals surface area contributed by atoms with Gasteiger partial charge < -0.3 is 20.4 Å². The molecule has 2 aromatic rings. The quantitative estimate of drug-likeness (QED) is 0.448. The van der Waals surface area contributed by atoms with Crippen LogP contribution in [0.4, 0.5) is 13.2 Å². The Bertz CT molecular complexity index is 1100. The standard InChI is InChI=1S/C25H36F3N5O3S/c1-29-12-19-11-18(3-4-22(19)25(26,27)28)24-21-15-32(37(2)36)10-7-23(21)33(30-24)14-20(35)13-31-8-5-17(16-34)6-9-31/h3-4,11,17,20,29,34-35H,5-10,12-16H2,1-2H3. The van der Waals surface area contributed by atoms with Gasteiger partial charge in [-0.3, -0.25) is 4.68 Å². The summed E-state index contributed by atoms with van der Waals surface area (Å²) in [4.78, 5) is 2.19. The average molecular weight is 544 g/mol. The number of piperidine rings is 1. The number of benzene rings is 1. The number of nitrogens with zero attached hydrogens (tertiary/aromatic N) is 4. The lowest BCUT2D eigenvalue weighted by molar-refractivity contribution is -0.138. The van der Waals surface area contributed by atoms with Gasteiger partial charge in [0.1, 0.15) is 0 Å². The molecular weight excluding hydrogens is 507 g/mol. The molecule has 0 radical (unpaired) electrons. The minimum Gasteiger partial charge on any atom is -0.396 e. The zero-order chi connectivity index (χ0) is 26.7. The van der Waals surface area contributed by atoms with E-state index in [1.165, 1.54) is 12.1 Å². The van der Waals surface area contributed by atoms with E-state index in [-0.39, 0.29) is 25.3 Å². The molecule has 1 fully saturated rings. The number of halogens is 3. The van der Waals surface area contributed by atoms with Crippen molar-refractivity contribution in [1.82, 2.24) is 24.3 Å². The van der Waals surface area contributed by atoms with E-state index in [0.717, 1.165) is 43.3 Å². The Morgan fingerprint density at radius 3 is 2.57 bits per heavy atom. The fourth-order valence-corrected chi connectivity index (χ4v) is 5.99. The van der Waals surface area contributed by atoms with Gasteiger partial charge in [-0.25, -0.2) is 8.51 Å².